The second-order valence-electron chi connectivity index (χ2n) is 8.41. The Bertz CT molecular complexity index is 1370. The molecule has 0 saturated heterocycles. The molecule has 0 N–H and O–H groups in total. The number of aryl methyl sites for hydroxylation is 1. The normalized spacial score (nSPS) is 13.6. The molecule has 4 nitrogen and oxygen atoms in total. The van der Waals surface area contributed by atoms with Crippen LogP contribution < -0.4 is 4.74 Å². The van der Waals surface area contributed by atoms with Gasteiger partial charge in [0, 0.05) is 23.9 Å². The third-order valence-electron chi connectivity index (χ3n) is 5.87. The molecule has 4 rings (SSSR count). The topological polar surface area (TPSA) is 44.1 Å². The van der Waals surface area contributed by atoms with Gasteiger partial charge in [-0.15, -0.1) is 0 Å². The maximum Gasteiger partial charge on any atom is 0.150 e. The Labute approximate surface area is 211 Å². The lowest BCUT2D eigenvalue weighted by Gasteiger charge is -2.09. The maximum atomic E-state index is 14.9. The summed E-state index contributed by atoms with van der Waals surface area (Å²) in [5.41, 5.74) is 4.82. The number of carbonyl (C=O) groups is 1. The maximum absolute atomic E-state index is 14.9. The van der Waals surface area contributed by atoms with Crippen LogP contribution in [-0.2, 0) is 11.3 Å². The van der Waals surface area contributed by atoms with Crippen LogP contribution in [0.4, 0.5) is 4.39 Å². The molecule has 0 amide bonds. The second kappa shape index (κ2) is 11.9. The van der Waals surface area contributed by atoms with E-state index in [0.717, 1.165) is 53.2 Å². The summed E-state index contributed by atoms with van der Waals surface area (Å²) in [5, 5.41) is 0. The summed E-state index contributed by atoms with van der Waals surface area (Å²) in [6.07, 6.45) is 18.5. The fraction of sp³-hybridized carbons (Fsp3) is 0.161. The Kier molecular flexibility index (Phi) is 8.24. The van der Waals surface area contributed by atoms with Gasteiger partial charge < -0.3 is 9.30 Å². The first-order valence-corrected chi connectivity index (χ1v) is 12.0. The van der Waals surface area contributed by atoms with Crippen LogP contribution in [0.15, 0.2) is 90.2 Å². The van der Waals surface area contributed by atoms with E-state index in [1.54, 1.807) is 24.3 Å². The molecule has 0 saturated carbocycles. The summed E-state index contributed by atoms with van der Waals surface area (Å²) in [4.78, 5) is 15.5. The van der Waals surface area contributed by atoms with Crippen LogP contribution in [-0.4, -0.2) is 22.4 Å². The van der Waals surface area contributed by atoms with Gasteiger partial charge in [-0.2, -0.15) is 0 Å². The number of imidazole rings is 1. The SMILES string of the molecule is C/C=C/c1cn(CC)c(/C=C/c2ccc(-c3ccc(OCC4=CC=C(C=O)C=CC4)cc3)cc2F)n1. The van der Waals surface area contributed by atoms with E-state index in [4.69, 9.17) is 4.74 Å². The molecule has 182 valence electrons. The minimum Gasteiger partial charge on any atom is -0.489 e. The molecule has 5 heteroatoms. The van der Waals surface area contributed by atoms with Crippen LogP contribution in [0.1, 0.15) is 37.4 Å². The smallest absolute Gasteiger partial charge is 0.150 e. The highest BCUT2D eigenvalue weighted by Crippen LogP contribution is 2.26. The van der Waals surface area contributed by atoms with Crippen molar-refractivity contribution in [3.63, 3.8) is 0 Å². The van der Waals surface area contributed by atoms with Crippen molar-refractivity contribution in [3.05, 3.63) is 113 Å². The summed E-state index contributed by atoms with van der Waals surface area (Å²) >= 11 is 0. The Balaban J connectivity index is 1.42. The lowest BCUT2D eigenvalue weighted by molar-refractivity contribution is -0.104. The molecule has 0 unspecified atom stereocenters. The van der Waals surface area contributed by atoms with Crippen molar-refractivity contribution in [1.82, 2.24) is 9.55 Å². The van der Waals surface area contributed by atoms with Crippen molar-refractivity contribution >= 4 is 24.5 Å². The molecule has 3 aromatic rings. The number of rotatable bonds is 9. The van der Waals surface area contributed by atoms with Gasteiger partial charge in [-0.05, 0) is 73.4 Å². The summed E-state index contributed by atoms with van der Waals surface area (Å²) in [6.45, 7) is 5.24. The lowest BCUT2D eigenvalue weighted by atomic mass is 10.0. The molecule has 0 spiro atoms. The van der Waals surface area contributed by atoms with Crippen LogP contribution in [0.5, 0.6) is 5.75 Å². The fourth-order valence-electron chi connectivity index (χ4n) is 3.88. The van der Waals surface area contributed by atoms with E-state index >= 15 is 0 Å². The van der Waals surface area contributed by atoms with Crippen LogP contribution >= 0.6 is 0 Å². The highest BCUT2D eigenvalue weighted by atomic mass is 19.1. The van der Waals surface area contributed by atoms with Gasteiger partial charge in [0.05, 0.1) is 5.69 Å². The van der Waals surface area contributed by atoms with E-state index in [0.29, 0.717) is 17.7 Å². The van der Waals surface area contributed by atoms with Crippen LogP contribution in [0.25, 0.3) is 29.4 Å². The summed E-state index contributed by atoms with van der Waals surface area (Å²) in [6, 6.07) is 12.9. The number of benzene rings is 2. The standard InChI is InChI=1S/C31H29FN2O2/c1-3-6-28-20-34(4-2)31(33-28)18-15-26-11-12-27(19-30(26)32)25-13-16-29(17-14-25)36-22-24-8-5-7-23(21-35)9-10-24/h3,5-7,9-21H,4,8,22H2,1-2H3/b6-3+,18-15+. The number of halogens is 1. The first-order chi connectivity index (χ1) is 17.6. The summed E-state index contributed by atoms with van der Waals surface area (Å²) < 4.78 is 22.8. The molecule has 0 radical (unpaired) electrons. The van der Waals surface area contributed by atoms with Gasteiger partial charge in [-0.25, -0.2) is 9.37 Å². The molecule has 0 bridgehead atoms. The predicted molar refractivity (Wildman–Crippen MR) is 145 cm³/mol. The second-order valence-corrected chi connectivity index (χ2v) is 8.41. The van der Waals surface area contributed by atoms with E-state index in [9.17, 15) is 9.18 Å². The molecule has 1 aliphatic carbocycles. The molecule has 1 aliphatic rings. The zero-order valence-corrected chi connectivity index (χ0v) is 20.5. The quantitative estimate of drug-likeness (QED) is 0.302. The van der Waals surface area contributed by atoms with Gasteiger partial charge in [-0.3, -0.25) is 4.79 Å². The molecule has 2 aromatic carbocycles. The van der Waals surface area contributed by atoms with Gasteiger partial charge in [-0.1, -0.05) is 54.6 Å². The summed E-state index contributed by atoms with van der Waals surface area (Å²) in [5.74, 6) is 1.24. The molecule has 0 aliphatic heterocycles. The van der Waals surface area contributed by atoms with Crippen LogP contribution in [0.2, 0.25) is 0 Å². The van der Waals surface area contributed by atoms with E-state index in [1.807, 2.05) is 84.5 Å². The number of carbonyl (C=O) groups excluding carboxylic acids is 1. The number of nitrogens with zero attached hydrogens (tertiary/aromatic N) is 2. The fourth-order valence-corrected chi connectivity index (χ4v) is 3.88. The summed E-state index contributed by atoms with van der Waals surface area (Å²) in [7, 11) is 0. The van der Waals surface area contributed by atoms with Crippen molar-refractivity contribution in [2.24, 2.45) is 0 Å². The molecule has 0 atom stereocenters. The Morgan fingerprint density at radius 3 is 2.58 bits per heavy atom. The first kappa shape index (κ1) is 24.9. The number of hydrogen-bond donors (Lipinski definition) is 0. The molecule has 0 fully saturated rings. The number of aromatic nitrogens is 2. The Morgan fingerprint density at radius 2 is 1.86 bits per heavy atom. The third kappa shape index (κ3) is 6.25. The van der Waals surface area contributed by atoms with Crippen molar-refractivity contribution in [2.45, 2.75) is 26.8 Å². The number of hydrogen-bond acceptors (Lipinski definition) is 3. The van der Waals surface area contributed by atoms with Gasteiger partial charge in [0.2, 0.25) is 0 Å². The first-order valence-electron chi connectivity index (χ1n) is 12.0. The van der Waals surface area contributed by atoms with Gasteiger partial charge in [0.1, 0.15) is 30.3 Å². The minimum atomic E-state index is -0.288. The third-order valence-corrected chi connectivity index (χ3v) is 5.87. The Morgan fingerprint density at radius 1 is 1.06 bits per heavy atom. The van der Waals surface area contributed by atoms with Crippen LogP contribution in [0.3, 0.4) is 0 Å². The zero-order chi connectivity index (χ0) is 25.3. The van der Waals surface area contributed by atoms with Gasteiger partial charge >= 0.3 is 0 Å². The largest absolute Gasteiger partial charge is 0.489 e. The molecular formula is C31H29FN2O2. The molecule has 36 heavy (non-hydrogen) atoms. The Hall–Kier alpha value is -4.25. The van der Waals surface area contributed by atoms with E-state index in [-0.39, 0.29) is 5.82 Å². The van der Waals surface area contributed by atoms with E-state index in [1.165, 1.54) is 0 Å². The molecule has 1 heterocycles. The molecule has 1 aromatic heterocycles. The average Bonchev–Trinajstić information content (AvgIpc) is 3.14. The number of aldehydes is 1. The van der Waals surface area contributed by atoms with Crippen molar-refractivity contribution in [1.29, 1.82) is 0 Å². The van der Waals surface area contributed by atoms with Crippen molar-refractivity contribution < 1.29 is 13.9 Å². The highest BCUT2D eigenvalue weighted by Gasteiger charge is 2.07. The zero-order valence-electron chi connectivity index (χ0n) is 20.5. The van der Waals surface area contributed by atoms with E-state index < -0.39 is 0 Å². The predicted octanol–water partition coefficient (Wildman–Crippen LogP) is 7.30. The van der Waals surface area contributed by atoms with E-state index in [2.05, 4.69) is 11.9 Å². The van der Waals surface area contributed by atoms with Gasteiger partial charge in [0.15, 0.2) is 0 Å². The average molecular weight is 481 g/mol. The highest BCUT2D eigenvalue weighted by molar-refractivity contribution is 5.78. The monoisotopic (exact) mass is 480 g/mol. The minimum absolute atomic E-state index is 0.288. The number of ether oxygens (including phenoxy) is 1. The number of allylic oxidation sites excluding steroid dienone is 6. The molecular weight excluding hydrogens is 451 g/mol. The van der Waals surface area contributed by atoms with Gasteiger partial charge in [0.25, 0.3) is 0 Å². The lowest BCUT2D eigenvalue weighted by Crippen LogP contribution is -2.00. The van der Waals surface area contributed by atoms with Crippen molar-refractivity contribution in [2.75, 3.05) is 6.61 Å². The van der Waals surface area contributed by atoms with Crippen LogP contribution in [0, 0.1) is 5.82 Å². The van der Waals surface area contributed by atoms with Crippen molar-refractivity contribution in [3.8, 4) is 16.9 Å².